The summed E-state index contributed by atoms with van der Waals surface area (Å²) in [4.78, 5) is 37.7. The molecule has 3 aromatic rings. The number of para-hydroxylation sites is 1. The van der Waals surface area contributed by atoms with Crippen LogP contribution in [0.4, 0.5) is 11.4 Å². The van der Waals surface area contributed by atoms with Crippen LogP contribution in [0.2, 0.25) is 0 Å². The molecule has 0 bridgehead atoms. The lowest BCUT2D eigenvalue weighted by Crippen LogP contribution is -2.28. The summed E-state index contributed by atoms with van der Waals surface area (Å²) < 4.78 is 28.4. The Balaban J connectivity index is 1.53. The van der Waals surface area contributed by atoms with Crippen molar-refractivity contribution in [3.05, 3.63) is 90.0 Å². The molecule has 0 radical (unpaired) electrons. The molecule has 1 aliphatic rings. The van der Waals surface area contributed by atoms with Gasteiger partial charge in [-0.15, -0.1) is 0 Å². The molecule has 3 amide bonds. The third-order valence-corrected chi connectivity index (χ3v) is 6.90. The highest BCUT2D eigenvalue weighted by atomic mass is 32.2. The lowest BCUT2D eigenvalue weighted by atomic mass is 10.1. The molecule has 9 heteroatoms. The van der Waals surface area contributed by atoms with Gasteiger partial charge in [0.2, 0.25) is 11.8 Å². The van der Waals surface area contributed by atoms with E-state index in [0.29, 0.717) is 5.69 Å². The lowest BCUT2D eigenvalue weighted by Gasteiger charge is -2.17. The van der Waals surface area contributed by atoms with Gasteiger partial charge in [-0.2, -0.15) is 0 Å². The Hall–Kier alpha value is -3.98. The number of imide groups is 1. The Morgan fingerprint density at radius 3 is 2.09 bits per heavy atom. The van der Waals surface area contributed by atoms with E-state index in [0.717, 1.165) is 10.5 Å². The molecular formula is C25H23N3O5S. The van der Waals surface area contributed by atoms with Crippen LogP contribution in [0.3, 0.4) is 0 Å². The first-order chi connectivity index (χ1) is 16.3. The zero-order valence-corrected chi connectivity index (χ0v) is 19.2. The molecule has 3 aromatic carbocycles. The number of hydrogen-bond donors (Lipinski definition) is 2. The van der Waals surface area contributed by atoms with E-state index in [1.54, 1.807) is 18.2 Å². The van der Waals surface area contributed by atoms with Crippen molar-refractivity contribution in [2.45, 2.75) is 30.7 Å². The van der Waals surface area contributed by atoms with Gasteiger partial charge in [-0.3, -0.25) is 24.0 Å². The van der Waals surface area contributed by atoms with Crippen LogP contribution < -0.4 is 14.9 Å². The molecule has 0 spiro atoms. The monoisotopic (exact) mass is 477 g/mol. The highest BCUT2D eigenvalue weighted by molar-refractivity contribution is 7.92. The molecule has 0 aliphatic carbocycles. The summed E-state index contributed by atoms with van der Waals surface area (Å²) >= 11 is 0. The lowest BCUT2D eigenvalue weighted by molar-refractivity contribution is -0.121. The molecule has 174 valence electrons. The number of sulfonamides is 1. The summed E-state index contributed by atoms with van der Waals surface area (Å²) in [6.07, 6.45) is 0.282. The summed E-state index contributed by atoms with van der Waals surface area (Å²) in [5, 5.41) is 2.88. The number of nitrogens with zero attached hydrogens (tertiary/aromatic N) is 1. The molecule has 2 N–H and O–H groups in total. The van der Waals surface area contributed by atoms with Gasteiger partial charge in [-0.25, -0.2) is 8.42 Å². The van der Waals surface area contributed by atoms with Crippen molar-refractivity contribution in [2.75, 3.05) is 9.62 Å². The maximum Gasteiger partial charge on any atom is 0.261 e. The summed E-state index contributed by atoms with van der Waals surface area (Å²) in [6, 6.07) is 20.9. The standard InChI is InChI=1S/C25H23N3O5S/c1-17(18-7-3-2-4-8-18)26-25(31)21-9-5-6-10-22(21)27-34(32,33)20-13-11-19(12-14-20)28-23(29)15-16-24(28)30/h2-14,17,27H,15-16H2,1H3,(H,26,31)/t17-/m1/s1. The van der Waals surface area contributed by atoms with Crippen molar-refractivity contribution >= 4 is 39.1 Å². The van der Waals surface area contributed by atoms with Crippen LogP contribution in [0, 0.1) is 0 Å². The first-order valence-corrected chi connectivity index (χ1v) is 12.2. The molecule has 4 rings (SSSR count). The Morgan fingerprint density at radius 2 is 1.44 bits per heavy atom. The Morgan fingerprint density at radius 1 is 0.853 bits per heavy atom. The van der Waals surface area contributed by atoms with Crippen LogP contribution in [0.25, 0.3) is 0 Å². The van der Waals surface area contributed by atoms with Crippen LogP contribution in [-0.4, -0.2) is 26.1 Å². The molecule has 0 aromatic heterocycles. The fourth-order valence-corrected chi connectivity index (χ4v) is 4.79. The van der Waals surface area contributed by atoms with E-state index in [1.165, 1.54) is 30.3 Å². The highest BCUT2D eigenvalue weighted by Crippen LogP contribution is 2.26. The zero-order chi connectivity index (χ0) is 24.3. The number of anilines is 2. The van der Waals surface area contributed by atoms with Gasteiger partial charge in [0.1, 0.15) is 0 Å². The fourth-order valence-electron chi connectivity index (χ4n) is 3.71. The Labute approximate surface area is 197 Å². The third-order valence-electron chi connectivity index (χ3n) is 5.52. The first kappa shape index (κ1) is 23.2. The van der Waals surface area contributed by atoms with Crippen LogP contribution in [0.15, 0.2) is 83.8 Å². The van der Waals surface area contributed by atoms with Gasteiger partial charge < -0.3 is 5.32 Å². The molecule has 1 heterocycles. The number of hydrogen-bond acceptors (Lipinski definition) is 5. The van der Waals surface area contributed by atoms with Gasteiger partial charge >= 0.3 is 0 Å². The molecular weight excluding hydrogens is 454 g/mol. The molecule has 8 nitrogen and oxygen atoms in total. The number of carbonyl (C=O) groups excluding carboxylic acids is 3. The van der Waals surface area contributed by atoms with E-state index in [4.69, 9.17) is 0 Å². The summed E-state index contributed by atoms with van der Waals surface area (Å²) in [5.74, 6) is -1.05. The van der Waals surface area contributed by atoms with Gasteiger partial charge in [0.05, 0.1) is 27.9 Å². The SMILES string of the molecule is C[C@@H](NC(=O)c1ccccc1NS(=O)(=O)c1ccc(N2C(=O)CCC2=O)cc1)c1ccccc1. The van der Waals surface area contributed by atoms with Crippen LogP contribution in [0.5, 0.6) is 0 Å². The third kappa shape index (κ3) is 4.84. The van der Waals surface area contributed by atoms with Crippen molar-refractivity contribution in [3.8, 4) is 0 Å². The van der Waals surface area contributed by atoms with Gasteiger partial charge in [0.15, 0.2) is 0 Å². The second-order valence-corrected chi connectivity index (χ2v) is 9.56. The van der Waals surface area contributed by atoms with Gasteiger partial charge in [-0.1, -0.05) is 42.5 Å². The van der Waals surface area contributed by atoms with Crippen LogP contribution in [-0.2, 0) is 19.6 Å². The molecule has 1 aliphatic heterocycles. The number of benzene rings is 3. The molecule has 1 saturated heterocycles. The maximum atomic E-state index is 13.0. The fraction of sp³-hybridized carbons (Fsp3) is 0.160. The van der Waals surface area contributed by atoms with E-state index < -0.39 is 15.9 Å². The van der Waals surface area contributed by atoms with E-state index >= 15 is 0 Å². The summed E-state index contributed by atoms with van der Waals surface area (Å²) in [7, 11) is -4.04. The predicted octanol–water partition coefficient (Wildman–Crippen LogP) is 3.63. The largest absolute Gasteiger partial charge is 0.345 e. The quantitative estimate of drug-likeness (QED) is 0.505. The Bertz CT molecular complexity index is 1320. The van der Waals surface area contributed by atoms with Crippen molar-refractivity contribution in [3.63, 3.8) is 0 Å². The molecule has 1 atom stereocenters. The second-order valence-electron chi connectivity index (χ2n) is 7.87. The van der Waals surface area contributed by atoms with Crippen molar-refractivity contribution in [1.29, 1.82) is 0 Å². The summed E-state index contributed by atoms with van der Waals surface area (Å²) in [6.45, 7) is 1.84. The van der Waals surface area contributed by atoms with Crippen molar-refractivity contribution in [2.24, 2.45) is 0 Å². The zero-order valence-electron chi connectivity index (χ0n) is 18.4. The minimum atomic E-state index is -4.04. The maximum absolute atomic E-state index is 13.0. The number of carbonyl (C=O) groups is 3. The van der Waals surface area contributed by atoms with Crippen LogP contribution >= 0.6 is 0 Å². The highest BCUT2D eigenvalue weighted by Gasteiger charge is 2.30. The summed E-state index contributed by atoms with van der Waals surface area (Å²) in [5.41, 5.74) is 1.55. The molecule has 34 heavy (non-hydrogen) atoms. The number of rotatable bonds is 7. The van der Waals surface area contributed by atoms with E-state index in [2.05, 4.69) is 10.0 Å². The molecule has 0 saturated carbocycles. The number of nitrogens with one attached hydrogen (secondary N) is 2. The number of amides is 3. The van der Waals surface area contributed by atoms with E-state index in [1.807, 2.05) is 37.3 Å². The smallest absolute Gasteiger partial charge is 0.261 e. The van der Waals surface area contributed by atoms with Gasteiger partial charge in [0, 0.05) is 12.8 Å². The van der Waals surface area contributed by atoms with Crippen LogP contribution in [0.1, 0.15) is 41.7 Å². The van der Waals surface area contributed by atoms with Crippen molar-refractivity contribution in [1.82, 2.24) is 5.32 Å². The van der Waals surface area contributed by atoms with Gasteiger partial charge in [0.25, 0.3) is 15.9 Å². The second kappa shape index (κ2) is 9.48. The molecule has 1 fully saturated rings. The average molecular weight is 478 g/mol. The first-order valence-electron chi connectivity index (χ1n) is 10.7. The van der Waals surface area contributed by atoms with Gasteiger partial charge in [-0.05, 0) is 48.9 Å². The Kier molecular flexibility index (Phi) is 6.47. The predicted molar refractivity (Wildman–Crippen MR) is 128 cm³/mol. The van der Waals surface area contributed by atoms with E-state index in [9.17, 15) is 22.8 Å². The topological polar surface area (TPSA) is 113 Å². The minimum absolute atomic E-state index is 0.0665. The normalized spacial score (nSPS) is 14.7. The van der Waals surface area contributed by atoms with E-state index in [-0.39, 0.29) is 46.8 Å². The minimum Gasteiger partial charge on any atom is -0.345 e. The van der Waals surface area contributed by atoms with Crippen molar-refractivity contribution < 1.29 is 22.8 Å². The molecule has 0 unspecified atom stereocenters. The average Bonchev–Trinajstić information content (AvgIpc) is 3.17.